The van der Waals surface area contributed by atoms with Crippen LogP contribution in [0.25, 0.3) is 0 Å². The summed E-state index contributed by atoms with van der Waals surface area (Å²) in [6, 6.07) is 4.52. The minimum absolute atomic E-state index is 0.0804. The van der Waals surface area contributed by atoms with Gasteiger partial charge in [0.15, 0.2) is 0 Å². The third-order valence-corrected chi connectivity index (χ3v) is 2.59. The second-order valence-corrected chi connectivity index (χ2v) is 3.65. The number of ether oxygens (including phenoxy) is 1. The van der Waals surface area contributed by atoms with Gasteiger partial charge in [-0.15, -0.1) is 0 Å². The predicted molar refractivity (Wildman–Crippen MR) is 53.0 cm³/mol. The van der Waals surface area contributed by atoms with Crippen LogP contribution >= 0.6 is 11.6 Å². The van der Waals surface area contributed by atoms with E-state index in [4.69, 9.17) is 16.3 Å². The summed E-state index contributed by atoms with van der Waals surface area (Å²) in [5.41, 5.74) is 0.896. The van der Waals surface area contributed by atoms with Crippen LogP contribution in [0.15, 0.2) is 18.2 Å². The number of hydrogen-bond donors (Lipinski definition) is 1. The van der Waals surface area contributed by atoms with Gasteiger partial charge in [-0.05, 0) is 17.7 Å². The van der Waals surface area contributed by atoms with Crippen LogP contribution in [0, 0.1) is 5.82 Å². The van der Waals surface area contributed by atoms with Crippen LogP contribution in [0.2, 0.25) is 5.02 Å². The summed E-state index contributed by atoms with van der Waals surface area (Å²) < 4.78 is 18.1. The van der Waals surface area contributed by atoms with Gasteiger partial charge in [0.25, 0.3) is 0 Å². The Bertz CT molecular complexity index is 326. The average Bonchev–Trinajstić information content (AvgIpc) is 2.19. The molecule has 2 rings (SSSR count). The molecule has 76 valence electrons. The molecule has 4 heteroatoms. The van der Waals surface area contributed by atoms with Crippen molar-refractivity contribution in [3.8, 4) is 0 Å². The topological polar surface area (TPSA) is 21.3 Å². The van der Waals surface area contributed by atoms with Gasteiger partial charge in [-0.1, -0.05) is 17.7 Å². The molecular weight excluding hydrogens is 205 g/mol. The highest BCUT2D eigenvalue weighted by atomic mass is 35.5. The second kappa shape index (κ2) is 4.26. The molecule has 0 aromatic heterocycles. The van der Waals surface area contributed by atoms with Crippen molar-refractivity contribution in [1.82, 2.24) is 5.32 Å². The highest BCUT2D eigenvalue weighted by Crippen LogP contribution is 2.25. The fraction of sp³-hybridized carbons (Fsp3) is 0.400. The molecule has 0 amide bonds. The highest BCUT2D eigenvalue weighted by Gasteiger charge is 2.17. The summed E-state index contributed by atoms with van der Waals surface area (Å²) in [6.07, 6.45) is 0. The van der Waals surface area contributed by atoms with Gasteiger partial charge in [0.1, 0.15) is 5.82 Å². The van der Waals surface area contributed by atoms with Crippen molar-refractivity contribution in [3.05, 3.63) is 34.6 Å². The minimum Gasteiger partial charge on any atom is -0.378 e. The lowest BCUT2D eigenvalue weighted by atomic mass is 10.1. The first kappa shape index (κ1) is 9.90. The molecule has 1 aromatic carbocycles. The second-order valence-electron chi connectivity index (χ2n) is 3.25. The SMILES string of the molecule is Fc1ccc([C@@H]2COCCN2)c(Cl)c1. The van der Waals surface area contributed by atoms with Gasteiger partial charge in [0, 0.05) is 11.6 Å². The van der Waals surface area contributed by atoms with E-state index in [-0.39, 0.29) is 11.9 Å². The molecule has 1 heterocycles. The molecule has 2 nitrogen and oxygen atoms in total. The molecule has 0 spiro atoms. The van der Waals surface area contributed by atoms with Gasteiger partial charge in [-0.25, -0.2) is 4.39 Å². The summed E-state index contributed by atoms with van der Waals surface area (Å²) in [6.45, 7) is 2.11. The van der Waals surface area contributed by atoms with Crippen molar-refractivity contribution in [2.24, 2.45) is 0 Å². The summed E-state index contributed by atoms with van der Waals surface area (Å²) >= 11 is 5.93. The summed E-state index contributed by atoms with van der Waals surface area (Å²) in [5, 5.41) is 3.72. The van der Waals surface area contributed by atoms with Crippen molar-refractivity contribution in [2.45, 2.75) is 6.04 Å². The van der Waals surface area contributed by atoms with Crippen molar-refractivity contribution in [1.29, 1.82) is 0 Å². The molecule has 0 bridgehead atoms. The van der Waals surface area contributed by atoms with Crippen LogP contribution in [0.5, 0.6) is 0 Å². The number of hydrogen-bond acceptors (Lipinski definition) is 2. The Morgan fingerprint density at radius 3 is 3.00 bits per heavy atom. The number of halogens is 2. The Morgan fingerprint density at radius 2 is 2.36 bits per heavy atom. The summed E-state index contributed by atoms with van der Waals surface area (Å²) in [5.74, 6) is -0.310. The van der Waals surface area contributed by atoms with E-state index in [1.165, 1.54) is 12.1 Å². The fourth-order valence-electron chi connectivity index (χ4n) is 1.55. The smallest absolute Gasteiger partial charge is 0.124 e. The lowest BCUT2D eigenvalue weighted by Gasteiger charge is -2.24. The van der Waals surface area contributed by atoms with Crippen LogP contribution in [0.3, 0.4) is 0 Å². The third kappa shape index (κ3) is 2.05. The van der Waals surface area contributed by atoms with E-state index in [2.05, 4.69) is 5.32 Å². The lowest BCUT2D eigenvalue weighted by Crippen LogP contribution is -2.34. The van der Waals surface area contributed by atoms with E-state index in [0.29, 0.717) is 11.6 Å². The zero-order chi connectivity index (χ0) is 9.97. The number of morpholine rings is 1. The normalized spacial score (nSPS) is 22.3. The lowest BCUT2D eigenvalue weighted by molar-refractivity contribution is 0.0769. The van der Waals surface area contributed by atoms with E-state index in [0.717, 1.165) is 18.7 Å². The Hall–Kier alpha value is -0.640. The molecule has 0 saturated carbocycles. The van der Waals surface area contributed by atoms with Crippen LogP contribution in [-0.2, 0) is 4.74 Å². The minimum atomic E-state index is -0.310. The Morgan fingerprint density at radius 1 is 1.50 bits per heavy atom. The Balaban J connectivity index is 2.22. The van der Waals surface area contributed by atoms with Crippen LogP contribution in [0.1, 0.15) is 11.6 Å². The Kier molecular flexibility index (Phi) is 3.01. The monoisotopic (exact) mass is 215 g/mol. The first-order chi connectivity index (χ1) is 6.77. The quantitative estimate of drug-likeness (QED) is 0.775. The van der Waals surface area contributed by atoms with E-state index in [1.54, 1.807) is 6.07 Å². The third-order valence-electron chi connectivity index (χ3n) is 2.26. The number of nitrogens with one attached hydrogen (secondary N) is 1. The average molecular weight is 216 g/mol. The van der Waals surface area contributed by atoms with Gasteiger partial charge in [-0.3, -0.25) is 0 Å². The van der Waals surface area contributed by atoms with Crippen LogP contribution in [-0.4, -0.2) is 19.8 Å². The van der Waals surface area contributed by atoms with Crippen molar-refractivity contribution >= 4 is 11.6 Å². The summed E-state index contributed by atoms with van der Waals surface area (Å²) in [4.78, 5) is 0. The van der Waals surface area contributed by atoms with Crippen molar-refractivity contribution in [3.63, 3.8) is 0 Å². The molecule has 0 radical (unpaired) electrons. The van der Waals surface area contributed by atoms with Gasteiger partial charge >= 0.3 is 0 Å². The van der Waals surface area contributed by atoms with Gasteiger partial charge < -0.3 is 10.1 Å². The van der Waals surface area contributed by atoms with E-state index < -0.39 is 0 Å². The van der Waals surface area contributed by atoms with E-state index >= 15 is 0 Å². The van der Waals surface area contributed by atoms with Crippen molar-refractivity contribution < 1.29 is 9.13 Å². The maximum atomic E-state index is 12.8. The molecule has 0 aliphatic carbocycles. The molecule has 1 fully saturated rings. The molecule has 1 aliphatic heterocycles. The zero-order valence-corrected chi connectivity index (χ0v) is 8.35. The highest BCUT2D eigenvalue weighted by molar-refractivity contribution is 6.31. The Labute approximate surface area is 87.0 Å². The number of benzene rings is 1. The van der Waals surface area contributed by atoms with Crippen LogP contribution < -0.4 is 5.32 Å². The largest absolute Gasteiger partial charge is 0.378 e. The first-order valence-electron chi connectivity index (χ1n) is 4.53. The van der Waals surface area contributed by atoms with Crippen molar-refractivity contribution in [2.75, 3.05) is 19.8 Å². The fourth-order valence-corrected chi connectivity index (χ4v) is 1.85. The zero-order valence-electron chi connectivity index (χ0n) is 7.59. The molecule has 1 N–H and O–H groups in total. The van der Waals surface area contributed by atoms with Crippen LogP contribution in [0.4, 0.5) is 4.39 Å². The summed E-state index contributed by atoms with van der Waals surface area (Å²) in [7, 11) is 0. The first-order valence-corrected chi connectivity index (χ1v) is 4.91. The molecule has 1 atom stereocenters. The predicted octanol–water partition coefficient (Wildman–Crippen LogP) is 2.14. The molecule has 14 heavy (non-hydrogen) atoms. The molecule has 1 aromatic rings. The van der Waals surface area contributed by atoms with E-state index in [9.17, 15) is 4.39 Å². The van der Waals surface area contributed by atoms with Gasteiger partial charge in [0.05, 0.1) is 19.3 Å². The molecule has 0 unspecified atom stereocenters. The number of rotatable bonds is 1. The molecule has 1 saturated heterocycles. The molecular formula is C10H11ClFNO. The maximum absolute atomic E-state index is 12.8. The van der Waals surface area contributed by atoms with Gasteiger partial charge in [-0.2, -0.15) is 0 Å². The standard InChI is InChI=1S/C10H11ClFNO/c11-9-5-7(12)1-2-8(9)10-6-14-4-3-13-10/h1-2,5,10,13H,3-4,6H2/t10-/m0/s1. The maximum Gasteiger partial charge on any atom is 0.124 e. The van der Waals surface area contributed by atoms with Gasteiger partial charge in [0.2, 0.25) is 0 Å². The molecule has 1 aliphatic rings. The van der Waals surface area contributed by atoms with E-state index in [1.807, 2.05) is 0 Å².